The van der Waals surface area contributed by atoms with Gasteiger partial charge in [-0.05, 0) is 44.8 Å². The molecule has 0 aromatic heterocycles. The lowest BCUT2D eigenvalue weighted by molar-refractivity contribution is 0.00788. The van der Waals surface area contributed by atoms with Crippen molar-refractivity contribution < 1.29 is 4.74 Å². The molecule has 0 aliphatic carbocycles. The summed E-state index contributed by atoms with van der Waals surface area (Å²) in [5.41, 5.74) is 0.599. The summed E-state index contributed by atoms with van der Waals surface area (Å²) in [6.07, 6.45) is 5.22. The zero-order chi connectivity index (χ0) is 13.0. The molecule has 2 fully saturated rings. The third-order valence-electron chi connectivity index (χ3n) is 5.25. The van der Waals surface area contributed by atoms with Crippen LogP contribution in [0.4, 0.5) is 0 Å². The van der Waals surface area contributed by atoms with Crippen LogP contribution in [0, 0.1) is 11.3 Å². The molecule has 2 atom stereocenters. The Kier molecular flexibility index (Phi) is 5.05. The van der Waals surface area contributed by atoms with E-state index >= 15 is 0 Å². The summed E-state index contributed by atoms with van der Waals surface area (Å²) in [5.74, 6) is 0.676. The molecule has 0 saturated carbocycles. The first kappa shape index (κ1) is 14.3. The van der Waals surface area contributed by atoms with Gasteiger partial charge in [-0.15, -0.1) is 0 Å². The number of ether oxygens (including phenoxy) is 1. The molecule has 2 heterocycles. The maximum atomic E-state index is 5.65. The van der Waals surface area contributed by atoms with Crippen molar-refractivity contribution in [3.05, 3.63) is 0 Å². The van der Waals surface area contributed by atoms with Crippen LogP contribution in [0.3, 0.4) is 0 Å². The summed E-state index contributed by atoms with van der Waals surface area (Å²) in [6, 6.07) is 0.651. The van der Waals surface area contributed by atoms with Gasteiger partial charge < -0.3 is 15.0 Å². The highest BCUT2D eigenvalue weighted by molar-refractivity contribution is 4.85. The minimum Gasteiger partial charge on any atom is -0.381 e. The lowest BCUT2D eigenvalue weighted by atomic mass is 9.78. The standard InChI is InChI=1S/C15H30N2O/c1-4-15(2)6-8-17(9-7-15)11-13-12-18-10-5-14(13)16-3/h13-14,16H,4-12H2,1-3H3. The van der Waals surface area contributed by atoms with Gasteiger partial charge in [-0.25, -0.2) is 0 Å². The lowest BCUT2D eigenvalue weighted by Crippen LogP contribution is -2.49. The summed E-state index contributed by atoms with van der Waals surface area (Å²) in [4.78, 5) is 2.65. The van der Waals surface area contributed by atoms with E-state index in [1.165, 1.54) is 45.3 Å². The number of hydrogen-bond acceptors (Lipinski definition) is 3. The third-order valence-corrected chi connectivity index (χ3v) is 5.25. The van der Waals surface area contributed by atoms with Crippen molar-refractivity contribution in [1.82, 2.24) is 10.2 Å². The van der Waals surface area contributed by atoms with Crippen LogP contribution in [0.15, 0.2) is 0 Å². The van der Waals surface area contributed by atoms with Crippen LogP contribution < -0.4 is 5.32 Å². The van der Waals surface area contributed by atoms with Crippen molar-refractivity contribution in [2.24, 2.45) is 11.3 Å². The summed E-state index contributed by atoms with van der Waals surface area (Å²) in [5, 5.41) is 3.46. The van der Waals surface area contributed by atoms with E-state index in [0.29, 0.717) is 17.4 Å². The molecular formula is C15H30N2O. The number of piperidine rings is 1. The quantitative estimate of drug-likeness (QED) is 0.832. The van der Waals surface area contributed by atoms with Crippen LogP contribution in [0.5, 0.6) is 0 Å². The van der Waals surface area contributed by atoms with Gasteiger partial charge >= 0.3 is 0 Å². The Bertz CT molecular complexity index is 249. The highest BCUT2D eigenvalue weighted by atomic mass is 16.5. The largest absolute Gasteiger partial charge is 0.381 e. The SMILES string of the molecule is CCC1(C)CCN(CC2COCCC2NC)CC1. The van der Waals surface area contributed by atoms with Crippen LogP contribution >= 0.6 is 0 Å². The molecule has 2 saturated heterocycles. The first-order valence-corrected chi connectivity index (χ1v) is 7.64. The average Bonchev–Trinajstić information content (AvgIpc) is 2.42. The average molecular weight is 254 g/mol. The van der Waals surface area contributed by atoms with Crippen LogP contribution in [0.1, 0.15) is 39.5 Å². The fraction of sp³-hybridized carbons (Fsp3) is 1.00. The third kappa shape index (κ3) is 3.46. The van der Waals surface area contributed by atoms with E-state index in [0.717, 1.165) is 13.2 Å². The molecule has 0 spiro atoms. The Morgan fingerprint density at radius 1 is 1.33 bits per heavy atom. The molecule has 2 aliphatic rings. The molecule has 2 aliphatic heterocycles. The van der Waals surface area contributed by atoms with Crippen molar-refractivity contribution in [1.29, 1.82) is 0 Å². The number of likely N-dealkylation sites (tertiary alicyclic amines) is 1. The molecule has 18 heavy (non-hydrogen) atoms. The van der Waals surface area contributed by atoms with Crippen LogP contribution in [-0.2, 0) is 4.74 Å². The number of nitrogens with zero attached hydrogens (tertiary/aromatic N) is 1. The fourth-order valence-corrected chi connectivity index (χ4v) is 3.32. The van der Waals surface area contributed by atoms with E-state index in [1.807, 2.05) is 0 Å². The van der Waals surface area contributed by atoms with Gasteiger partial charge in [-0.2, -0.15) is 0 Å². The Labute approximate surface area is 112 Å². The lowest BCUT2D eigenvalue weighted by Gasteiger charge is -2.42. The zero-order valence-corrected chi connectivity index (χ0v) is 12.4. The van der Waals surface area contributed by atoms with E-state index in [4.69, 9.17) is 4.74 Å². The normalized spacial score (nSPS) is 33.5. The molecule has 3 nitrogen and oxygen atoms in total. The molecule has 2 rings (SSSR count). The highest BCUT2D eigenvalue weighted by Gasteiger charge is 2.31. The first-order chi connectivity index (χ1) is 8.67. The highest BCUT2D eigenvalue weighted by Crippen LogP contribution is 2.34. The molecule has 0 amide bonds. The number of hydrogen-bond donors (Lipinski definition) is 1. The second-order valence-electron chi connectivity index (χ2n) is 6.48. The number of nitrogens with one attached hydrogen (secondary N) is 1. The van der Waals surface area contributed by atoms with Crippen molar-refractivity contribution in [2.45, 2.75) is 45.6 Å². The molecule has 0 bridgehead atoms. The topological polar surface area (TPSA) is 24.5 Å². The van der Waals surface area contributed by atoms with Crippen LogP contribution in [0.25, 0.3) is 0 Å². The smallest absolute Gasteiger partial charge is 0.0521 e. The maximum absolute atomic E-state index is 5.65. The van der Waals surface area contributed by atoms with Gasteiger partial charge in [0.1, 0.15) is 0 Å². The second-order valence-corrected chi connectivity index (χ2v) is 6.48. The molecule has 2 unspecified atom stereocenters. The van der Waals surface area contributed by atoms with Crippen LogP contribution in [0.2, 0.25) is 0 Å². The van der Waals surface area contributed by atoms with Gasteiger partial charge in [0, 0.05) is 25.1 Å². The van der Waals surface area contributed by atoms with Gasteiger partial charge in [0.2, 0.25) is 0 Å². The predicted molar refractivity (Wildman–Crippen MR) is 75.8 cm³/mol. The van der Waals surface area contributed by atoms with Gasteiger partial charge in [0.25, 0.3) is 0 Å². The number of rotatable bonds is 4. The van der Waals surface area contributed by atoms with Gasteiger partial charge in [0.05, 0.1) is 6.61 Å². The Morgan fingerprint density at radius 2 is 2.06 bits per heavy atom. The monoisotopic (exact) mass is 254 g/mol. The van der Waals surface area contributed by atoms with E-state index < -0.39 is 0 Å². The van der Waals surface area contributed by atoms with Crippen molar-refractivity contribution in [3.8, 4) is 0 Å². The summed E-state index contributed by atoms with van der Waals surface area (Å²) in [7, 11) is 2.09. The van der Waals surface area contributed by atoms with E-state index in [9.17, 15) is 0 Å². The molecule has 1 N–H and O–H groups in total. The summed E-state index contributed by atoms with van der Waals surface area (Å²) < 4.78 is 5.65. The Balaban J connectivity index is 1.80. The van der Waals surface area contributed by atoms with Crippen molar-refractivity contribution in [2.75, 3.05) is 39.9 Å². The fourth-order valence-electron chi connectivity index (χ4n) is 3.32. The molecule has 3 heteroatoms. The molecule has 0 aromatic rings. The second kappa shape index (κ2) is 6.36. The van der Waals surface area contributed by atoms with Gasteiger partial charge in [0.15, 0.2) is 0 Å². The summed E-state index contributed by atoms with van der Waals surface area (Å²) in [6.45, 7) is 10.4. The van der Waals surface area contributed by atoms with E-state index in [1.54, 1.807) is 0 Å². The molecule has 106 valence electrons. The van der Waals surface area contributed by atoms with E-state index in [2.05, 4.69) is 31.1 Å². The summed E-state index contributed by atoms with van der Waals surface area (Å²) >= 11 is 0. The zero-order valence-electron chi connectivity index (χ0n) is 12.4. The van der Waals surface area contributed by atoms with Crippen molar-refractivity contribution in [3.63, 3.8) is 0 Å². The minimum absolute atomic E-state index is 0.599. The van der Waals surface area contributed by atoms with E-state index in [-0.39, 0.29) is 0 Å². The Hall–Kier alpha value is -0.120. The predicted octanol–water partition coefficient (Wildman–Crippen LogP) is 2.12. The van der Waals surface area contributed by atoms with Gasteiger partial charge in [-0.3, -0.25) is 0 Å². The minimum atomic E-state index is 0.599. The maximum Gasteiger partial charge on any atom is 0.0521 e. The molecule has 0 radical (unpaired) electrons. The van der Waals surface area contributed by atoms with Crippen LogP contribution in [-0.4, -0.2) is 50.8 Å². The molecule has 0 aromatic carbocycles. The van der Waals surface area contributed by atoms with Crippen molar-refractivity contribution >= 4 is 0 Å². The Morgan fingerprint density at radius 3 is 2.67 bits per heavy atom. The first-order valence-electron chi connectivity index (χ1n) is 7.64. The van der Waals surface area contributed by atoms with Gasteiger partial charge in [-0.1, -0.05) is 20.3 Å². The molecular weight excluding hydrogens is 224 g/mol.